The molecule has 1 aliphatic heterocycles. The van der Waals surface area contributed by atoms with Gasteiger partial charge in [-0.15, -0.1) is 0 Å². The van der Waals surface area contributed by atoms with Gasteiger partial charge in [-0.05, 0) is 24.3 Å². The maximum absolute atomic E-state index is 12.5. The lowest BCUT2D eigenvalue weighted by molar-refractivity contribution is 0.0641. The van der Waals surface area contributed by atoms with Gasteiger partial charge in [0.15, 0.2) is 5.43 Å². The van der Waals surface area contributed by atoms with E-state index in [-0.39, 0.29) is 17.5 Å². The molecule has 0 fully saturated rings. The number of rotatable bonds is 2. The Hall–Kier alpha value is -3.21. The number of imide groups is 1. The van der Waals surface area contributed by atoms with Gasteiger partial charge in [0.2, 0.25) is 0 Å². The van der Waals surface area contributed by atoms with Crippen LogP contribution in [0.5, 0.6) is 0 Å². The van der Waals surface area contributed by atoms with Gasteiger partial charge in [-0.3, -0.25) is 19.3 Å². The molecule has 2 heterocycles. The molecule has 0 bridgehead atoms. The first kappa shape index (κ1) is 13.5. The van der Waals surface area contributed by atoms with Crippen LogP contribution in [0.1, 0.15) is 26.3 Å². The van der Waals surface area contributed by atoms with E-state index < -0.39 is 11.8 Å². The normalized spacial score (nSPS) is 13.7. The maximum atomic E-state index is 12.5. The van der Waals surface area contributed by atoms with Crippen LogP contribution in [0.25, 0.3) is 11.0 Å². The van der Waals surface area contributed by atoms with Crippen molar-refractivity contribution in [2.45, 2.75) is 6.54 Å². The SMILES string of the molecule is O=C1c2ccccc2C(=O)N1Cc1coc2ccccc2c1=O. The summed E-state index contributed by atoms with van der Waals surface area (Å²) in [7, 11) is 0. The van der Waals surface area contributed by atoms with Gasteiger partial charge in [0, 0.05) is 0 Å². The second-order valence-electron chi connectivity index (χ2n) is 5.33. The summed E-state index contributed by atoms with van der Waals surface area (Å²) in [4.78, 5) is 38.3. The molecule has 0 saturated heterocycles. The molecule has 0 atom stereocenters. The zero-order valence-electron chi connectivity index (χ0n) is 12.0. The monoisotopic (exact) mass is 305 g/mol. The summed E-state index contributed by atoms with van der Waals surface area (Å²) in [6.45, 7) is -0.0977. The Labute approximate surface area is 130 Å². The lowest BCUT2D eigenvalue weighted by Gasteiger charge is -2.13. The minimum absolute atomic E-state index is 0.0977. The summed E-state index contributed by atoms with van der Waals surface area (Å²) in [6, 6.07) is 13.5. The minimum atomic E-state index is -0.391. The third kappa shape index (κ3) is 1.97. The number of hydrogen-bond donors (Lipinski definition) is 0. The first-order chi connectivity index (χ1) is 11.2. The number of para-hydroxylation sites is 1. The van der Waals surface area contributed by atoms with Crippen molar-refractivity contribution in [3.05, 3.63) is 81.7 Å². The van der Waals surface area contributed by atoms with Crippen molar-refractivity contribution >= 4 is 22.8 Å². The van der Waals surface area contributed by atoms with Crippen molar-refractivity contribution in [1.29, 1.82) is 0 Å². The predicted molar refractivity (Wildman–Crippen MR) is 83.1 cm³/mol. The molecule has 5 heteroatoms. The Morgan fingerprint density at radius 3 is 2.13 bits per heavy atom. The summed E-state index contributed by atoms with van der Waals surface area (Å²) in [5.74, 6) is -0.781. The molecule has 0 N–H and O–H groups in total. The Kier molecular flexibility index (Phi) is 2.87. The van der Waals surface area contributed by atoms with Crippen LogP contribution in [0.4, 0.5) is 0 Å². The van der Waals surface area contributed by atoms with Crippen molar-refractivity contribution in [2.75, 3.05) is 0 Å². The van der Waals surface area contributed by atoms with Crippen molar-refractivity contribution in [3.8, 4) is 0 Å². The standard InChI is InChI=1S/C18H11NO4/c20-16-11(10-23-15-8-4-3-7-14(15)16)9-19-17(21)12-5-1-2-6-13(12)18(19)22/h1-8,10H,9H2. The molecule has 1 aromatic heterocycles. The van der Waals surface area contributed by atoms with Gasteiger partial charge >= 0.3 is 0 Å². The molecule has 2 amide bonds. The molecular formula is C18H11NO4. The fourth-order valence-electron chi connectivity index (χ4n) is 2.78. The van der Waals surface area contributed by atoms with E-state index in [9.17, 15) is 14.4 Å². The van der Waals surface area contributed by atoms with E-state index in [0.29, 0.717) is 22.1 Å². The Morgan fingerprint density at radius 1 is 0.826 bits per heavy atom. The van der Waals surface area contributed by atoms with Gasteiger partial charge in [-0.2, -0.15) is 0 Å². The van der Waals surface area contributed by atoms with E-state index >= 15 is 0 Å². The highest BCUT2D eigenvalue weighted by Gasteiger charge is 2.35. The quantitative estimate of drug-likeness (QED) is 0.682. The molecule has 0 saturated carbocycles. The Morgan fingerprint density at radius 2 is 1.43 bits per heavy atom. The first-order valence-electron chi connectivity index (χ1n) is 7.11. The number of amides is 2. The average Bonchev–Trinajstić information content (AvgIpc) is 2.83. The molecule has 1 aliphatic rings. The topological polar surface area (TPSA) is 67.6 Å². The Balaban J connectivity index is 1.75. The molecule has 2 aromatic carbocycles. The van der Waals surface area contributed by atoms with Gasteiger partial charge in [0.05, 0.1) is 28.6 Å². The van der Waals surface area contributed by atoms with Crippen molar-refractivity contribution < 1.29 is 14.0 Å². The van der Waals surface area contributed by atoms with Crippen LogP contribution < -0.4 is 5.43 Å². The largest absolute Gasteiger partial charge is 0.464 e. The van der Waals surface area contributed by atoms with E-state index in [1.807, 2.05) is 0 Å². The van der Waals surface area contributed by atoms with Crippen LogP contribution in [0.15, 0.2) is 64.0 Å². The van der Waals surface area contributed by atoms with E-state index in [4.69, 9.17) is 4.42 Å². The van der Waals surface area contributed by atoms with Crippen LogP contribution in [-0.4, -0.2) is 16.7 Å². The summed E-state index contributed by atoms with van der Waals surface area (Å²) in [5.41, 5.74) is 1.25. The van der Waals surface area contributed by atoms with Crippen LogP contribution in [0, 0.1) is 0 Å². The highest BCUT2D eigenvalue weighted by Crippen LogP contribution is 2.24. The highest BCUT2D eigenvalue weighted by molar-refractivity contribution is 6.21. The van der Waals surface area contributed by atoms with Crippen molar-refractivity contribution in [2.24, 2.45) is 0 Å². The van der Waals surface area contributed by atoms with Crippen LogP contribution >= 0.6 is 0 Å². The molecule has 0 spiro atoms. The Bertz CT molecular complexity index is 984. The molecule has 4 rings (SSSR count). The third-order valence-electron chi connectivity index (χ3n) is 3.96. The lowest BCUT2D eigenvalue weighted by Crippen LogP contribution is -2.31. The van der Waals surface area contributed by atoms with E-state index in [2.05, 4.69) is 0 Å². The molecule has 112 valence electrons. The van der Waals surface area contributed by atoms with E-state index in [1.54, 1.807) is 48.5 Å². The minimum Gasteiger partial charge on any atom is -0.464 e. The zero-order valence-corrected chi connectivity index (χ0v) is 12.0. The van der Waals surface area contributed by atoms with Crippen LogP contribution in [0.3, 0.4) is 0 Å². The molecule has 5 nitrogen and oxygen atoms in total. The summed E-state index contributed by atoms with van der Waals surface area (Å²) in [6.07, 6.45) is 1.31. The summed E-state index contributed by atoms with van der Waals surface area (Å²) < 4.78 is 5.43. The van der Waals surface area contributed by atoms with Gasteiger partial charge in [0.1, 0.15) is 11.8 Å². The lowest BCUT2D eigenvalue weighted by atomic mass is 10.1. The van der Waals surface area contributed by atoms with Gasteiger partial charge in [-0.1, -0.05) is 24.3 Å². The second kappa shape index (κ2) is 4.91. The molecule has 3 aromatic rings. The zero-order chi connectivity index (χ0) is 16.0. The number of carbonyl (C=O) groups is 2. The fraction of sp³-hybridized carbons (Fsp3) is 0.0556. The number of carbonyl (C=O) groups excluding carboxylic acids is 2. The van der Waals surface area contributed by atoms with E-state index in [1.165, 1.54) is 6.26 Å². The number of benzene rings is 2. The van der Waals surface area contributed by atoms with Gasteiger partial charge < -0.3 is 4.42 Å². The molecule has 0 aliphatic carbocycles. The van der Waals surface area contributed by atoms with Crippen LogP contribution in [-0.2, 0) is 6.54 Å². The molecule has 0 unspecified atom stereocenters. The number of fused-ring (bicyclic) bond motifs is 2. The third-order valence-corrected chi connectivity index (χ3v) is 3.96. The molecule has 23 heavy (non-hydrogen) atoms. The highest BCUT2D eigenvalue weighted by atomic mass is 16.3. The molecular weight excluding hydrogens is 294 g/mol. The van der Waals surface area contributed by atoms with Crippen molar-refractivity contribution in [1.82, 2.24) is 4.90 Å². The first-order valence-corrected chi connectivity index (χ1v) is 7.11. The number of nitrogens with zero attached hydrogens (tertiary/aromatic N) is 1. The second-order valence-corrected chi connectivity index (χ2v) is 5.33. The predicted octanol–water partition coefficient (Wildman–Crippen LogP) is 2.59. The smallest absolute Gasteiger partial charge is 0.261 e. The van der Waals surface area contributed by atoms with Crippen molar-refractivity contribution in [3.63, 3.8) is 0 Å². The summed E-state index contributed by atoms with van der Waals surface area (Å²) >= 11 is 0. The van der Waals surface area contributed by atoms with E-state index in [0.717, 1.165) is 4.90 Å². The number of hydrogen-bond acceptors (Lipinski definition) is 4. The van der Waals surface area contributed by atoms with Gasteiger partial charge in [0.25, 0.3) is 11.8 Å². The molecule has 0 radical (unpaired) electrons. The fourth-order valence-corrected chi connectivity index (χ4v) is 2.78. The van der Waals surface area contributed by atoms with Crippen LogP contribution in [0.2, 0.25) is 0 Å². The summed E-state index contributed by atoms with van der Waals surface area (Å²) in [5, 5.41) is 0.432. The maximum Gasteiger partial charge on any atom is 0.261 e. The average molecular weight is 305 g/mol. The van der Waals surface area contributed by atoms with Gasteiger partial charge in [-0.25, -0.2) is 0 Å².